The lowest BCUT2D eigenvalue weighted by Crippen LogP contribution is -2.21. The highest BCUT2D eigenvalue weighted by Crippen LogP contribution is 2.12. The first-order chi connectivity index (χ1) is 9.69. The van der Waals surface area contributed by atoms with Crippen molar-refractivity contribution in [3.8, 4) is 6.07 Å². The van der Waals surface area contributed by atoms with E-state index in [1.807, 2.05) is 12.1 Å². The first kappa shape index (κ1) is 14.2. The predicted molar refractivity (Wildman–Crippen MR) is 74.2 cm³/mol. The first-order valence-electron chi connectivity index (χ1n) is 6.32. The summed E-state index contributed by atoms with van der Waals surface area (Å²) in [5.74, 6) is -0.313. The molecule has 0 saturated carbocycles. The van der Waals surface area contributed by atoms with Gasteiger partial charge in [-0.2, -0.15) is 5.26 Å². The summed E-state index contributed by atoms with van der Waals surface area (Å²) in [4.78, 5) is 0. The second kappa shape index (κ2) is 6.80. The van der Waals surface area contributed by atoms with E-state index in [0.29, 0.717) is 24.2 Å². The third kappa shape index (κ3) is 3.89. The summed E-state index contributed by atoms with van der Waals surface area (Å²) in [6, 6.07) is 15.1. The number of hydrogen-bond acceptors (Lipinski definition) is 3. The molecule has 0 heterocycles. The number of nitrogens with one attached hydrogen (secondary N) is 1. The van der Waals surface area contributed by atoms with Gasteiger partial charge in [0.1, 0.15) is 5.82 Å². The molecule has 1 atom stereocenters. The Bertz CT molecular complexity index is 587. The van der Waals surface area contributed by atoms with Crippen LogP contribution >= 0.6 is 0 Å². The number of nitriles is 1. The Morgan fingerprint density at radius 1 is 1.10 bits per heavy atom. The van der Waals surface area contributed by atoms with Crippen molar-refractivity contribution >= 4 is 0 Å². The molecule has 3 nitrogen and oxygen atoms in total. The third-order valence-electron chi connectivity index (χ3n) is 3.00. The van der Waals surface area contributed by atoms with Gasteiger partial charge in [-0.1, -0.05) is 24.3 Å². The van der Waals surface area contributed by atoms with Gasteiger partial charge in [0.2, 0.25) is 0 Å². The van der Waals surface area contributed by atoms with Crippen LogP contribution in [0.5, 0.6) is 0 Å². The van der Waals surface area contributed by atoms with Crippen LogP contribution in [0, 0.1) is 17.1 Å². The van der Waals surface area contributed by atoms with Gasteiger partial charge in [-0.25, -0.2) is 4.39 Å². The standard InChI is InChI=1S/C16H15FN2O/c17-15-7-5-14(6-8-15)16(20)11-19-10-13-3-1-12(9-18)2-4-13/h1-8,16,19-20H,10-11H2/t16-/m1/s1. The van der Waals surface area contributed by atoms with Crippen LogP contribution in [0.15, 0.2) is 48.5 Å². The molecule has 0 aliphatic heterocycles. The zero-order valence-electron chi connectivity index (χ0n) is 10.9. The topological polar surface area (TPSA) is 56.0 Å². The lowest BCUT2D eigenvalue weighted by Gasteiger charge is -2.12. The maximum atomic E-state index is 12.8. The van der Waals surface area contributed by atoms with Crippen LogP contribution in [-0.4, -0.2) is 11.7 Å². The maximum absolute atomic E-state index is 12.8. The second-order valence-corrected chi connectivity index (χ2v) is 4.51. The molecule has 20 heavy (non-hydrogen) atoms. The molecule has 0 unspecified atom stereocenters. The van der Waals surface area contributed by atoms with E-state index in [-0.39, 0.29) is 5.82 Å². The molecule has 0 fully saturated rings. The second-order valence-electron chi connectivity index (χ2n) is 4.51. The van der Waals surface area contributed by atoms with E-state index >= 15 is 0 Å². The van der Waals surface area contributed by atoms with Crippen molar-refractivity contribution in [2.24, 2.45) is 0 Å². The van der Waals surface area contributed by atoms with Crippen molar-refractivity contribution in [1.82, 2.24) is 5.32 Å². The first-order valence-corrected chi connectivity index (χ1v) is 6.32. The molecule has 0 saturated heterocycles. The minimum Gasteiger partial charge on any atom is -0.387 e. The number of nitrogens with zero attached hydrogens (tertiary/aromatic N) is 1. The lowest BCUT2D eigenvalue weighted by atomic mass is 10.1. The fourth-order valence-electron chi connectivity index (χ4n) is 1.85. The molecule has 0 aliphatic carbocycles. The Morgan fingerprint density at radius 2 is 1.75 bits per heavy atom. The Kier molecular flexibility index (Phi) is 4.83. The summed E-state index contributed by atoms with van der Waals surface area (Å²) < 4.78 is 12.8. The number of benzene rings is 2. The van der Waals surface area contributed by atoms with Crippen LogP contribution in [0.1, 0.15) is 22.8 Å². The molecule has 0 aliphatic rings. The SMILES string of the molecule is N#Cc1ccc(CNC[C@@H](O)c2ccc(F)cc2)cc1. The number of aliphatic hydroxyl groups is 1. The molecule has 0 amide bonds. The van der Waals surface area contributed by atoms with Crippen LogP contribution in [0.4, 0.5) is 4.39 Å². The fraction of sp³-hybridized carbons (Fsp3) is 0.188. The van der Waals surface area contributed by atoms with Crippen molar-refractivity contribution < 1.29 is 9.50 Å². The van der Waals surface area contributed by atoms with E-state index in [1.54, 1.807) is 24.3 Å². The molecule has 102 valence electrons. The minimum atomic E-state index is -0.672. The summed E-state index contributed by atoms with van der Waals surface area (Å²) in [7, 11) is 0. The molecule has 0 bridgehead atoms. The van der Waals surface area contributed by atoms with Gasteiger partial charge < -0.3 is 10.4 Å². The van der Waals surface area contributed by atoms with Crippen LogP contribution in [0.2, 0.25) is 0 Å². The normalized spacial score (nSPS) is 11.8. The van der Waals surface area contributed by atoms with E-state index in [0.717, 1.165) is 5.56 Å². The molecule has 2 aromatic rings. The van der Waals surface area contributed by atoms with Gasteiger partial charge in [0.15, 0.2) is 0 Å². The van der Waals surface area contributed by atoms with Crippen LogP contribution in [-0.2, 0) is 6.54 Å². The van der Waals surface area contributed by atoms with E-state index in [4.69, 9.17) is 5.26 Å². The van der Waals surface area contributed by atoms with E-state index in [2.05, 4.69) is 11.4 Å². The molecule has 0 aromatic heterocycles. The van der Waals surface area contributed by atoms with E-state index in [9.17, 15) is 9.50 Å². The van der Waals surface area contributed by atoms with Crippen LogP contribution < -0.4 is 5.32 Å². The van der Waals surface area contributed by atoms with Gasteiger partial charge in [-0.3, -0.25) is 0 Å². The highest BCUT2D eigenvalue weighted by molar-refractivity contribution is 5.31. The molecule has 0 spiro atoms. The van der Waals surface area contributed by atoms with Crippen LogP contribution in [0.25, 0.3) is 0 Å². The molecule has 2 aromatic carbocycles. The zero-order valence-corrected chi connectivity index (χ0v) is 10.9. The van der Waals surface area contributed by atoms with E-state index < -0.39 is 6.10 Å². The van der Waals surface area contributed by atoms with Crippen molar-refractivity contribution in [2.45, 2.75) is 12.6 Å². The highest BCUT2D eigenvalue weighted by Gasteiger charge is 2.06. The third-order valence-corrected chi connectivity index (χ3v) is 3.00. The average molecular weight is 270 g/mol. The van der Waals surface area contributed by atoms with Crippen molar-refractivity contribution in [2.75, 3.05) is 6.54 Å². The molecule has 2 N–H and O–H groups in total. The quantitative estimate of drug-likeness (QED) is 0.877. The van der Waals surface area contributed by atoms with Crippen LogP contribution in [0.3, 0.4) is 0 Å². The smallest absolute Gasteiger partial charge is 0.123 e. The van der Waals surface area contributed by atoms with Gasteiger partial charge in [0.25, 0.3) is 0 Å². The Hall–Kier alpha value is -2.22. The number of hydrogen-bond donors (Lipinski definition) is 2. The maximum Gasteiger partial charge on any atom is 0.123 e. The largest absolute Gasteiger partial charge is 0.387 e. The molecular formula is C16H15FN2O. The summed E-state index contributed by atoms with van der Waals surface area (Å²) in [6.07, 6.45) is -0.672. The molecule has 2 rings (SSSR count). The van der Waals surface area contributed by atoms with Gasteiger partial charge in [-0.05, 0) is 35.4 Å². The molecule has 4 heteroatoms. The summed E-state index contributed by atoms with van der Waals surface area (Å²) in [5, 5.41) is 21.8. The Balaban J connectivity index is 1.83. The Labute approximate surface area is 117 Å². The van der Waals surface area contributed by atoms with Crippen molar-refractivity contribution in [3.05, 3.63) is 71.0 Å². The van der Waals surface area contributed by atoms with Crippen molar-refractivity contribution in [3.63, 3.8) is 0 Å². The zero-order chi connectivity index (χ0) is 14.4. The number of aliphatic hydroxyl groups excluding tert-OH is 1. The lowest BCUT2D eigenvalue weighted by molar-refractivity contribution is 0.174. The van der Waals surface area contributed by atoms with Gasteiger partial charge in [0.05, 0.1) is 17.7 Å². The van der Waals surface area contributed by atoms with E-state index in [1.165, 1.54) is 12.1 Å². The fourth-order valence-corrected chi connectivity index (χ4v) is 1.85. The molecular weight excluding hydrogens is 255 g/mol. The highest BCUT2D eigenvalue weighted by atomic mass is 19.1. The predicted octanol–water partition coefficient (Wildman–Crippen LogP) is 2.52. The monoisotopic (exact) mass is 270 g/mol. The summed E-state index contributed by atoms with van der Waals surface area (Å²) in [6.45, 7) is 0.982. The minimum absolute atomic E-state index is 0.313. The van der Waals surface area contributed by atoms with Crippen molar-refractivity contribution in [1.29, 1.82) is 5.26 Å². The number of halogens is 1. The Morgan fingerprint density at radius 3 is 2.35 bits per heavy atom. The number of rotatable bonds is 5. The van der Waals surface area contributed by atoms with Gasteiger partial charge >= 0.3 is 0 Å². The summed E-state index contributed by atoms with van der Waals surface area (Å²) >= 11 is 0. The average Bonchev–Trinajstić information content (AvgIpc) is 2.48. The molecule has 0 radical (unpaired) electrons. The van der Waals surface area contributed by atoms with Gasteiger partial charge in [-0.15, -0.1) is 0 Å². The van der Waals surface area contributed by atoms with Gasteiger partial charge in [0, 0.05) is 13.1 Å². The summed E-state index contributed by atoms with van der Waals surface area (Å²) in [5.41, 5.74) is 2.34.